The zero-order chi connectivity index (χ0) is 26.1. The molecule has 10 heteroatoms. The Hall–Kier alpha value is -4.73. The average molecular weight is 490 g/mol. The van der Waals surface area contributed by atoms with Crippen molar-refractivity contribution in [3.05, 3.63) is 89.7 Å². The van der Waals surface area contributed by atoms with Gasteiger partial charge in [0.25, 0.3) is 23.6 Å². The standard InChI is InChI=1S/C26H27N5O5/c1-16(2)22(26(35)31-30-24(33)18-7-6-14-27-15-18)29-25(34)20-8-4-5-9-21(20)28-23(32)17-10-12-19(36-3)13-11-17/h4-16,22H,1-3H3,(H,28,32)(H,29,34)(H,30,33)(H,31,35). The third kappa shape index (κ3) is 6.66. The maximum atomic E-state index is 13.1. The largest absolute Gasteiger partial charge is 0.497 e. The number of hydrazine groups is 1. The van der Waals surface area contributed by atoms with Crippen LogP contribution in [0.3, 0.4) is 0 Å². The predicted octanol–water partition coefficient (Wildman–Crippen LogP) is 2.56. The van der Waals surface area contributed by atoms with Crippen molar-refractivity contribution < 1.29 is 23.9 Å². The number of ether oxygens (including phenoxy) is 1. The number of anilines is 1. The van der Waals surface area contributed by atoms with Crippen LogP contribution >= 0.6 is 0 Å². The number of rotatable bonds is 8. The second-order valence-corrected chi connectivity index (χ2v) is 8.11. The van der Waals surface area contributed by atoms with Gasteiger partial charge in [-0.25, -0.2) is 0 Å². The number of aromatic nitrogens is 1. The zero-order valence-electron chi connectivity index (χ0n) is 20.1. The molecule has 186 valence electrons. The van der Waals surface area contributed by atoms with Crippen molar-refractivity contribution in [2.24, 2.45) is 5.92 Å². The Morgan fingerprint density at radius 2 is 1.53 bits per heavy atom. The van der Waals surface area contributed by atoms with Crippen LogP contribution in [0.25, 0.3) is 0 Å². The summed E-state index contributed by atoms with van der Waals surface area (Å²) in [5.74, 6) is -1.80. The fourth-order valence-corrected chi connectivity index (χ4v) is 3.25. The van der Waals surface area contributed by atoms with Gasteiger partial charge in [-0.2, -0.15) is 0 Å². The second kappa shape index (κ2) is 12.1. The molecule has 1 unspecified atom stereocenters. The van der Waals surface area contributed by atoms with E-state index in [-0.39, 0.29) is 22.7 Å². The highest BCUT2D eigenvalue weighted by Gasteiger charge is 2.26. The Bertz CT molecular complexity index is 1230. The van der Waals surface area contributed by atoms with Gasteiger partial charge in [0.15, 0.2) is 0 Å². The third-order valence-electron chi connectivity index (χ3n) is 5.23. The summed E-state index contributed by atoms with van der Waals surface area (Å²) in [5, 5.41) is 5.41. The normalized spacial score (nSPS) is 11.2. The van der Waals surface area contributed by atoms with Crippen molar-refractivity contribution in [2.75, 3.05) is 12.4 Å². The molecule has 1 heterocycles. The maximum absolute atomic E-state index is 13.1. The van der Waals surface area contributed by atoms with Gasteiger partial charge >= 0.3 is 0 Å². The van der Waals surface area contributed by atoms with Crippen LogP contribution in [0.4, 0.5) is 5.69 Å². The van der Waals surface area contributed by atoms with E-state index >= 15 is 0 Å². The Labute approximate surface area is 208 Å². The van der Waals surface area contributed by atoms with Crippen LogP contribution < -0.4 is 26.2 Å². The fraction of sp³-hybridized carbons (Fsp3) is 0.192. The minimum absolute atomic E-state index is 0.178. The van der Waals surface area contributed by atoms with Crippen LogP contribution in [-0.4, -0.2) is 41.8 Å². The molecular weight excluding hydrogens is 462 g/mol. The van der Waals surface area contributed by atoms with E-state index in [2.05, 4.69) is 26.5 Å². The topological polar surface area (TPSA) is 139 Å². The molecule has 4 N–H and O–H groups in total. The molecule has 0 aliphatic heterocycles. The Morgan fingerprint density at radius 3 is 2.17 bits per heavy atom. The predicted molar refractivity (Wildman–Crippen MR) is 133 cm³/mol. The lowest BCUT2D eigenvalue weighted by atomic mass is 10.0. The van der Waals surface area contributed by atoms with Crippen molar-refractivity contribution in [3.8, 4) is 5.75 Å². The molecule has 3 rings (SSSR count). The van der Waals surface area contributed by atoms with Crippen LogP contribution in [0.15, 0.2) is 73.1 Å². The number of nitrogens with zero attached hydrogens (tertiary/aromatic N) is 1. The summed E-state index contributed by atoms with van der Waals surface area (Å²) in [6, 6.07) is 15.2. The van der Waals surface area contributed by atoms with Crippen molar-refractivity contribution >= 4 is 29.3 Å². The van der Waals surface area contributed by atoms with Gasteiger partial charge in [-0.1, -0.05) is 26.0 Å². The van der Waals surface area contributed by atoms with Gasteiger partial charge in [0, 0.05) is 18.0 Å². The monoisotopic (exact) mass is 489 g/mol. The molecule has 4 amide bonds. The molecule has 2 aromatic carbocycles. The van der Waals surface area contributed by atoms with E-state index in [0.717, 1.165) is 0 Å². The van der Waals surface area contributed by atoms with Gasteiger partial charge in [-0.05, 0) is 54.4 Å². The highest BCUT2D eigenvalue weighted by Crippen LogP contribution is 2.18. The van der Waals surface area contributed by atoms with Gasteiger partial charge in [0.05, 0.1) is 23.9 Å². The van der Waals surface area contributed by atoms with Gasteiger partial charge in [-0.15, -0.1) is 0 Å². The number of nitrogens with one attached hydrogen (secondary N) is 4. The smallest absolute Gasteiger partial charge is 0.271 e. The number of carbonyl (C=O) groups excluding carboxylic acids is 4. The quantitative estimate of drug-likeness (QED) is 0.359. The molecule has 0 aliphatic rings. The second-order valence-electron chi connectivity index (χ2n) is 8.11. The summed E-state index contributed by atoms with van der Waals surface area (Å²) in [6.07, 6.45) is 2.89. The van der Waals surface area contributed by atoms with E-state index in [9.17, 15) is 19.2 Å². The first-order valence-corrected chi connectivity index (χ1v) is 11.2. The first kappa shape index (κ1) is 25.9. The summed E-state index contributed by atoms with van der Waals surface area (Å²) in [5.41, 5.74) is 5.76. The first-order valence-electron chi connectivity index (χ1n) is 11.2. The van der Waals surface area contributed by atoms with E-state index in [4.69, 9.17) is 4.74 Å². The van der Waals surface area contributed by atoms with E-state index in [1.54, 1.807) is 74.5 Å². The first-order chi connectivity index (χ1) is 17.3. The Kier molecular flexibility index (Phi) is 8.71. The number of benzene rings is 2. The van der Waals surface area contributed by atoms with Crippen LogP contribution in [0.5, 0.6) is 5.75 Å². The Morgan fingerprint density at radius 1 is 0.806 bits per heavy atom. The zero-order valence-corrected chi connectivity index (χ0v) is 20.1. The molecule has 10 nitrogen and oxygen atoms in total. The van der Waals surface area contributed by atoms with Crippen LogP contribution in [-0.2, 0) is 4.79 Å². The highest BCUT2D eigenvalue weighted by atomic mass is 16.5. The van der Waals surface area contributed by atoms with Gasteiger partial charge in [0.1, 0.15) is 11.8 Å². The number of amides is 4. The molecule has 0 saturated carbocycles. The molecule has 0 saturated heterocycles. The van der Waals surface area contributed by atoms with Gasteiger partial charge in [-0.3, -0.25) is 35.0 Å². The minimum Gasteiger partial charge on any atom is -0.497 e. The van der Waals surface area contributed by atoms with Crippen molar-refractivity contribution in [1.29, 1.82) is 0 Å². The lowest BCUT2D eigenvalue weighted by Crippen LogP contribution is -2.54. The number of methoxy groups -OCH3 is 1. The molecule has 1 atom stereocenters. The third-order valence-corrected chi connectivity index (χ3v) is 5.23. The molecule has 0 spiro atoms. The minimum atomic E-state index is -0.961. The fourth-order valence-electron chi connectivity index (χ4n) is 3.25. The maximum Gasteiger partial charge on any atom is 0.271 e. The summed E-state index contributed by atoms with van der Waals surface area (Å²) in [6.45, 7) is 3.51. The van der Waals surface area contributed by atoms with E-state index in [1.807, 2.05) is 0 Å². The van der Waals surface area contributed by atoms with Gasteiger partial charge < -0.3 is 15.4 Å². The van der Waals surface area contributed by atoms with E-state index < -0.39 is 29.7 Å². The van der Waals surface area contributed by atoms with Crippen LogP contribution in [0.1, 0.15) is 44.9 Å². The van der Waals surface area contributed by atoms with Crippen molar-refractivity contribution in [2.45, 2.75) is 19.9 Å². The van der Waals surface area contributed by atoms with E-state index in [1.165, 1.54) is 19.5 Å². The number of carbonyl (C=O) groups is 4. The molecule has 3 aromatic rings. The lowest BCUT2D eigenvalue weighted by Gasteiger charge is -2.22. The molecule has 36 heavy (non-hydrogen) atoms. The number of hydrogen-bond donors (Lipinski definition) is 4. The molecule has 0 bridgehead atoms. The lowest BCUT2D eigenvalue weighted by molar-refractivity contribution is -0.124. The molecule has 0 fully saturated rings. The summed E-state index contributed by atoms with van der Waals surface area (Å²) < 4.78 is 5.10. The SMILES string of the molecule is COc1ccc(C(=O)Nc2ccccc2C(=O)NC(C(=O)NNC(=O)c2cccnc2)C(C)C)cc1. The summed E-state index contributed by atoms with van der Waals surface area (Å²) in [7, 11) is 1.53. The summed E-state index contributed by atoms with van der Waals surface area (Å²) in [4.78, 5) is 54.6. The van der Waals surface area contributed by atoms with Crippen molar-refractivity contribution in [1.82, 2.24) is 21.2 Å². The average Bonchev–Trinajstić information content (AvgIpc) is 2.90. The number of pyridine rings is 1. The van der Waals surface area contributed by atoms with Gasteiger partial charge in [0.2, 0.25) is 0 Å². The molecule has 1 aromatic heterocycles. The van der Waals surface area contributed by atoms with E-state index in [0.29, 0.717) is 11.3 Å². The molecule has 0 radical (unpaired) electrons. The number of hydrogen-bond acceptors (Lipinski definition) is 6. The number of para-hydroxylation sites is 1. The Balaban J connectivity index is 1.68. The van der Waals surface area contributed by atoms with Crippen molar-refractivity contribution in [3.63, 3.8) is 0 Å². The molecular formula is C26H27N5O5. The molecule has 0 aliphatic carbocycles. The summed E-state index contributed by atoms with van der Waals surface area (Å²) >= 11 is 0. The van der Waals surface area contributed by atoms with Crippen LogP contribution in [0.2, 0.25) is 0 Å². The highest BCUT2D eigenvalue weighted by molar-refractivity contribution is 6.09. The van der Waals surface area contributed by atoms with Crippen LogP contribution in [0, 0.1) is 5.92 Å².